The summed E-state index contributed by atoms with van der Waals surface area (Å²) in [5.74, 6) is 0.121. The summed E-state index contributed by atoms with van der Waals surface area (Å²) in [5, 5.41) is 5.68. The predicted octanol–water partition coefficient (Wildman–Crippen LogP) is 3.29. The lowest BCUT2D eigenvalue weighted by molar-refractivity contribution is 0.0342. The molecule has 0 aliphatic carbocycles. The van der Waals surface area contributed by atoms with Crippen molar-refractivity contribution in [3.63, 3.8) is 0 Å². The number of anilines is 1. The minimum Gasteiger partial charge on any atom is -0.467 e. The van der Waals surface area contributed by atoms with Gasteiger partial charge in [0.25, 0.3) is 11.8 Å². The number of para-hydroxylation sites is 1. The normalized spacial score (nSPS) is 14.2. The van der Waals surface area contributed by atoms with Gasteiger partial charge in [0.2, 0.25) is 0 Å². The molecule has 7 nitrogen and oxygen atoms in total. The van der Waals surface area contributed by atoms with Gasteiger partial charge >= 0.3 is 0 Å². The van der Waals surface area contributed by atoms with Crippen LogP contribution in [-0.4, -0.2) is 43.0 Å². The summed E-state index contributed by atoms with van der Waals surface area (Å²) in [4.78, 5) is 27.8. The van der Waals surface area contributed by atoms with Crippen molar-refractivity contribution in [3.05, 3.63) is 89.4 Å². The van der Waals surface area contributed by atoms with Crippen LogP contribution in [0.15, 0.2) is 71.3 Å². The van der Waals surface area contributed by atoms with Crippen LogP contribution < -0.4 is 10.6 Å². The molecule has 0 unspecified atom stereocenters. The summed E-state index contributed by atoms with van der Waals surface area (Å²) in [6.07, 6.45) is 1.56. The Bertz CT molecular complexity index is 1030. The molecule has 7 heteroatoms. The van der Waals surface area contributed by atoms with Crippen LogP contribution in [0, 0.1) is 0 Å². The number of nitrogens with zero attached hydrogens (tertiary/aromatic N) is 1. The Hall–Kier alpha value is -3.42. The zero-order chi connectivity index (χ0) is 21.5. The van der Waals surface area contributed by atoms with E-state index in [0.717, 1.165) is 38.4 Å². The van der Waals surface area contributed by atoms with Gasteiger partial charge in [-0.2, -0.15) is 0 Å². The van der Waals surface area contributed by atoms with Gasteiger partial charge in [0, 0.05) is 25.2 Å². The fraction of sp³-hybridized carbons (Fsp3) is 0.250. The zero-order valence-electron chi connectivity index (χ0n) is 17.2. The van der Waals surface area contributed by atoms with Gasteiger partial charge in [-0.25, -0.2) is 0 Å². The third kappa shape index (κ3) is 5.59. The highest BCUT2D eigenvalue weighted by Gasteiger charge is 2.16. The highest BCUT2D eigenvalue weighted by molar-refractivity contribution is 6.09. The fourth-order valence-corrected chi connectivity index (χ4v) is 3.49. The third-order valence-corrected chi connectivity index (χ3v) is 5.12. The van der Waals surface area contributed by atoms with E-state index in [1.54, 1.807) is 48.7 Å². The van der Waals surface area contributed by atoms with Crippen LogP contribution in [0.25, 0.3) is 0 Å². The van der Waals surface area contributed by atoms with Crippen LogP contribution in [0.5, 0.6) is 0 Å². The first-order valence-electron chi connectivity index (χ1n) is 10.3. The van der Waals surface area contributed by atoms with Crippen molar-refractivity contribution >= 4 is 17.5 Å². The van der Waals surface area contributed by atoms with Crippen molar-refractivity contribution in [1.82, 2.24) is 10.2 Å². The summed E-state index contributed by atoms with van der Waals surface area (Å²) in [6, 6.07) is 18.1. The number of rotatable bonds is 7. The Morgan fingerprint density at radius 2 is 1.77 bits per heavy atom. The average Bonchev–Trinajstić information content (AvgIpc) is 3.32. The van der Waals surface area contributed by atoms with Gasteiger partial charge in [0.05, 0.1) is 37.3 Å². The van der Waals surface area contributed by atoms with Gasteiger partial charge in [0.1, 0.15) is 5.76 Å². The molecular weight excluding hydrogens is 394 g/mol. The highest BCUT2D eigenvalue weighted by atomic mass is 16.5. The molecule has 4 rings (SSSR count). The van der Waals surface area contributed by atoms with Gasteiger partial charge in [-0.1, -0.05) is 24.3 Å². The maximum atomic E-state index is 12.9. The van der Waals surface area contributed by atoms with Crippen LogP contribution in [0.2, 0.25) is 0 Å². The van der Waals surface area contributed by atoms with Crippen LogP contribution in [-0.2, 0) is 17.8 Å². The van der Waals surface area contributed by atoms with Crippen molar-refractivity contribution in [2.45, 2.75) is 13.1 Å². The van der Waals surface area contributed by atoms with E-state index in [1.807, 2.05) is 18.2 Å². The van der Waals surface area contributed by atoms with Gasteiger partial charge < -0.3 is 19.8 Å². The van der Waals surface area contributed by atoms with Crippen molar-refractivity contribution in [2.24, 2.45) is 0 Å². The molecule has 31 heavy (non-hydrogen) atoms. The molecule has 0 spiro atoms. The number of ether oxygens (including phenoxy) is 1. The van der Waals surface area contributed by atoms with E-state index < -0.39 is 0 Å². The SMILES string of the molecule is O=C(Nc1ccccc1C(=O)NCc1ccco1)c1cccc(CN2CCOCC2)c1. The second kappa shape index (κ2) is 10.1. The lowest BCUT2D eigenvalue weighted by atomic mass is 10.1. The number of amides is 2. The lowest BCUT2D eigenvalue weighted by Crippen LogP contribution is -2.35. The monoisotopic (exact) mass is 419 g/mol. The first kappa shape index (κ1) is 20.8. The van der Waals surface area contributed by atoms with Crippen LogP contribution in [0.1, 0.15) is 32.0 Å². The van der Waals surface area contributed by atoms with E-state index in [2.05, 4.69) is 15.5 Å². The van der Waals surface area contributed by atoms with E-state index in [-0.39, 0.29) is 18.4 Å². The first-order chi connectivity index (χ1) is 15.2. The quantitative estimate of drug-likeness (QED) is 0.614. The maximum absolute atomic E-state index is 12.9. The van der Waals surface area contributed by atoms with E-state index in [0.29, 0.717) is 22.6 Å². The molecule has 2 heterocycles. The molecule has 1 fully saturated rings. The van der Waals surface area contributed by atoms with E-state index in [9.17, 15) is 9.59 Å². The average molecular weight is 419 g/mol. The first-order valence-corrected chi connectivity index (χ1v) is 10.3. The number of carbonyl (C=O) groups excluding carboxylic acids is 2. The minimum absolute atomic E-state index is 0.255. The van der Waals surface area contributed by atoms with E-state index in [4.69, 9.17) is 9.15 Å². The standard InChI is InChI=1S/C24H25N3O4/c28-23(19-6-3-5-18(15-19)17-27-10-13-30-14-11-27)26-22-9-2-1-8-21(22)24(29)25-16-20-7-4-12-31-20/h1-9,12,15H,10-11,13-14,16-17H2,(H,25,29)(H,26,28). The van der Waals surface area contributed by atoms with Gasteiger partial charge in [0.15, 0.2) is 0 Å². The highest BCUT2D eigenvalue weighted by Crippen LogP contribution is 2.18. The van der Waals surface area contributed by atoms with Crippen LogP contribution in [0.3, 0.4) is 0 Å². The number of hydrogen-bond donors (Lipinski definition) is 2. The summed E-state index contributed by atoms with van der Waals surface area (Å²) in [7, 11) is 0. The maximum Gasteiger partial charge on any atom is 0.255 e. The Morgan fingerprint density at radius 1 is 0.935 bits per heavy atom. The van der Waals surface area contributed by atoms with Crippen molar-refractivity contribution < 1.29 is 18.7 Å². The van der Waals surface area contributed by atoms with Crippen molar-refractivity contribution in [3.8, 4) is 0 Å². The summed E-state index contributed by atoms with van der Waals surface area (Å²) in [5.41, 5.74) is 2.48. The second-order valence-corrected chi connectivity index (χ2v) is 7.35. The molecule has 1 aliphatic rings. The van der Waals surface area contributed by atoms with E-state index in [1.165, 1.54) is 0 Å². The summed E-state index contributed by atoms with van der Waals surface area (Å²) >= 11 is 0. The number of furan rings is 1. The molecule has 2 aromatic carbocycles. The van der Waals surface area contributed by atoms with E-state index >= 15 is 0 Å². The van der Waals surface area contributed by atoms with Crippen LogP contribution in [0.4, 0.5) is 5.69 Å². The topological polar surface area (TPSA) is 83.8 Å². The molecule has 1 saturated heterocycles. The van der Waals surface area contributed by atoms with Crippen LogP contribution >= 0.6 is 0 Å². The smallest absolute Gasteiger partial charge is 0.255 e. The Labute approximate surface area is 181 Å². The Balaban J connectivity index is 1.42. The molecule has 0 atom stereocenters. The third-order valence-electron chi connectivity index (χ3n) is 5.12. The number of hydrogen-bond acceptors (Lipinski definition) is 5. The molecule has 2 N–H and O–H groups in total. The second-order valence-electron chi connectivity index (χ2n) is 7.35. The Kier molecular flexibility index (Phi) is 6.76. The molecule has 0 saturated carbocycles. The Morgan fingerprint density at radius 3 is 2.58 bits per heavy atom. The zero-order valence-corrected chi connectivity index (χ0v) is 17.2. The van der Waals surface area contributed by atoms with Gasteiger partial charge in [-0.15, -0.1) is 0 Å². The molecule has 1 aliphatic heterocycles. The molecule has 2 amide bonds. The van der Waals surface area contributed by atoms with Crippen molar-refractivity contribution in [1.29, 1.82) is 0 Å². The molecule has 160 valence electrons. The van der Waals surface area contributed by atoms with Gasteiger partial charge in [-0.05, 0) is 42.0 Å². The minimum atomic E-state index is -0.284. The van der Waals surface area contributed by atoms with Crippen molar-refractivity contribution in [2.75, 3.05) is 31.6 Å². The molecule has 1 aromatic heterocycles. The molecule has 0 bridgehead atoms. The largest absolute Gasteiger partial charge is 0.467 e. The summed E-state index contributed by atoms with van der Waals surface area (Å²) in [6.45, 7) is 4.29. The number of benzene rings is 2. The number of carbonyl (C=O) groups is 2. The summed E-state index contributed by atoms with van der Waals surface area (Å²) < 4.78 is 10.6. The van der Waals surface area contributed by atoms with Gasteiger partial charge in [-0.3, -0.25) is 14.5 Å². The molecular formula is C24H25N3O4. The molecule has 3 aromatic rings. The predicted molar refractivity (Wildman–Crippen MR) is 117 cm³/mol. The number of morpholine rings is 1. The fourth-order valence-electron chi connectivity index (χ4n) is 3.49. The molecule has 0 radical (unpaired) electrons. The lowest BCUT2D eigenvalue weighted by Gasteiger charge is -2.26. The number of nitrogens with one attached hydrogen (secondary N) is 2.